The number of aromatic nitrogens is 3. The van der Waals surface area contributed by atoms with Crippen molar-refractivity contribution in [2.75, 3.05) is 50.7 Å². The summed E-state index contributed by atoms with van der Waals surface area (Å²) >= 11 is 0. The van der Waals surface area contributed by atoms with Crippen LogP contribution in [0.1, 0.15) is 56.8 Å². The molecule has 3 aromatic carbocycles. The highest BCUT2D eigenvalue weighted by atomic mass is 16.3. The van der Waals surface area contributed by atoms with Crippen molar-refractivity contribution in [1.29, 1.82) is 0 Å². The summed E-state index contributed by atoms with van der Waals surface area (Å²) in [4.78, 5) is 87.5. The Hall–Kier alpha value is -6.48. The van der Waals surface area contributed by atoms with Crippen molar-refractivity contribution in [2.45, 2.75) is 31.7 Å². The first-order valence-electron chi connectivity index (χ1n) is 18.9. The maximum absolute atomic E-state index is 13.7. The fraction of sp³-hybridized carbons (Fsp3) is 0.317. The lowest BCUT2D eigenvalue weighted by atomic mass is 9.95. The fourth-order valence-corrected chi connectivity index (χ4v) is 8.50. The average Bonchev–Trinajstić information content (AvgIpc) is 3.46. The summed E-state index contributed by atoms with van der Waals surface area (Å²) in [6.07, 6.45) is 2.10. The standard InChI is InChI=1S/C41H38N8O7/c50-34-4-2-1-3-28(34)32-21-29-26-7-5-24(19-30(26)37(52)43-36(29)45-44-32)39(54)48-17-15-46(16-18-48)22-23-11-13-47(14-12-23)25-6-8-27-31(20-25)41(56)49(40(27)55)33-9-10-35(51)42-38(33)53/h1-8,19-21,23,33,50H,9-18,22H2,(H,42,51,53)(H,43,45,52). The van der Waals surface area contributed by atoms with Crippen molar-refractivity contribution in [3.63, 3.8) is 0 Å². The number of para-hydroxylation sites is 1. The number of H-pyrrole nitrogens is 1. The number of nitrogens with zero attached hydrogens (tertiary/aromatic N) is 6. The predicted molar refractivity (Wildman–Crippen MR) is 205 cm³/mol. The molecule has 284 valence electrons. The zero-order valence-electron chi connectivity index (χ0n) is 30.4. The van der Waals surface area contributed by atoms with Gasteiger partial charge in [0.2, 0.25) is 11.8 Å². The smallest absolute Gasteiger partial charge is 0.262 e. The SMILES string of the molecule is O=C1CCC(N2C(=O)c3ccc(N4CCC(CN5CCN(C(=O)c6ccc7c(c6)c(=O)[nH]c6nnc(-c8ccccc8O)cc67)CC5)CC4)cc3C2=O)C(=O)N1. The number of piperazine rings is 1. The third kappa shape index (κ3) is 6.23. The van der Waals surface area contributed by atoms with Gasteiger partial charge in [-0.05, 0) is 79.1 Å². The zero-order valence-corrected chi connectivity index (χ0v) is 30.4. The number of carbonyl (C=O) groups is 5. The van der Waals surface area contributed by atoms with Gasteiger partial charge in [-0.25, -0.2) is 0 Å². The molecule has 1 unspecified atom stereocenters. The number of anilines is 1. The van der Waals surface area contributed by atoms with Crippen LogP contribution in [0.25, 0.3) is 33.1 Å². The van der Waals surface area contributed by atoms with E-state index in [2.05, 4.69) is 30.3 Å². The van der Waals surface area contributed by atoms with Crippen molar-refractivity contribution >= 4 is 57.0 Å². The van der Waals surface area contributed by atoms with Crippen molar-refractivity contribution in [1.82, 2.24) is 35.2 Å². The van der Waals surface area contributed by atoms with Gasteiger partial charge in [0.15, 0.2) is 5.65 Å². The number of amides is 5. The lowest BCUT2D eigenvalue weighted by Gasteiger charge is -2.39. The van der Waals surface area contributed by atoms with Gasteiger partial charge in [0.25, 0.3) is 23.3 Å². The third-order valence-corrected chi connectivity index (χ3v) is 11.6. The summed E-state index contributed by atoms with van der Waals surface area (Å²) in [7, 11) is 0. The molecule has 3 fully saturated rings. The number of nitrogens with one attached hydrogen (secondary N) is 2. The number of fused-ring (bicyclic) bond motifs is 4. The van der Waals surface area contributed by atoms with E-state index in [1.165, 1.54) is 0 Å². The second-order valence-corrected chi connectivity index (χ2v) is 14.9. The van der Waals surface area contributed by atoms with Crippen LogP contribution >= 0.6 is 0 Å². The van der Waals surface area contributed by atoms with E-state index in [4.69, 9.17) is 0 Å². The van der Waals surface area contributed by atoms with Crippen molar-refractivity contribution in [2.24, 2.45) is 5.92 Å². The summed E-state index contributed by atoms with van der Waals surface area (Å²) in [6.45, 7) is 5.12. The molecular formula is C41H38N8O7. The first-order chi connectivity index (χ1) is 27.1. The second kappa shape index (κ2) is 14.0. The highest BCUT2D eigenvalue weighted by Gasteiger charge is 2.45. The van der Waals surface area contributed by atoms with Gasteiger partial charge in [-0.1, -0.05) is 18.2 Å². The Morgan fingerprint density at radius 2 is 1.52 bits per heavy atom. The normalized spacial score (nSPS) is 19.6. The van der Waals surface area contributed by atoms with Gasteiger partial charge in [-0.2, -0.15) is 0 Å². The molecule has 6 heterocycles. The van der Waals surface area contributed by atoms with E-state index in [1.807, 2.05) is 11.0 Å². The van der Waals surface area contributed by atoms with Gasteiger partial charge < -0.3 is 19.9 Å². The minimum absolute atomic E-state index is 0.0722. The van der Waals surface area contributed by atoms with Gasteiger partial charge in [0.1, 0.15) is 11.8 Å². The number of benzene rings is 3. The summed E-state index contributed by atoms with van der Waals surface area (Å²) in [5.74, 6) is -1.64. The van der Waals surface area contributed by atoms with E-state index < -0.39 is 29.7 Å². The van der Waals surface area contributed by atoms with Crippen LogP contribution in [0.4, 0.5) is 5.69 Å². The van der Waals surface area contributed by atoms with Gasteiger partial charge in [-0.15, -0.1) is 10.2 Å². The third-order valence-electron chi connectivity index (χ3n) is 11.6. The lowest BCUT2D eigenvalue weighted by Crippen LogP contribution is -2.54. The molecule has 5 aromatic rings. The first kappa shape index (κ1) is 35.2. The Bertz CT molecular complexity index is 2540. The van der Waals surface area contributed by atoms with Gasteiger partial charge in [0.05, 0.1) is 16.8 Å². The van der Waals surface area contributed by atoms with Crippen molar-refractivity contribution < 1.29 is 29.1 Å². The van der Waals surface area contributed by atoms with Crippen LogP contribution in [0, 0.1) is 5.92 Å². The van der Waals surface area contributed by atoms with E-state index in [0.717, 1.165) is 56.2 Å². The number of hydrogen-bond acceptors (Lipinski definition) is 11. The number of pyridine rings is 1. The highest BCUT2D eigenvalue weighted by Crippen LogP contribution is 2.33. The predicted octanol–water partition coefficient (Wildman–Crippen LogP) is 2.92. The van der Waals surface area contributed by atoms with E-state index in [1.54, 1.807) is 60.7 Å². The maximum atomic E-state index is 13.7. The molecule has 9 rings (SSSR count). The molecule has 15 heteroatoms. The lowest BCUT2D eigenvalue weighted by molar-refractivity contribution is -0.136. The number of aromatic amines is 1. The molecule has 0 aliphatic carbocycles. The molecule has 1 atom stereocenters. The van der Waals surface area contributed by atoms with E-state index in [-0.39, 0.29) is 41.2 Å². The van der Waals surface area contributed by atoms with Crippen molar-refractivity contribution in [3.8, 4) is 17.0 Å². The van der Waals surface area contributed by atoms with Crippen LogP contribution in [0.5, 0.6) is 5.75 Å². The van der Waals surface area contributed by atoms with E-state index in [0.29, 0.717) is 57.6 Å². The monoisotopic (exact) mass is 754 g/mol. The Morgan fingerprint density at radius 3 is 2.29 bits per heavy atom. The molecule has 0 spiro atoms. The average molecular weight is 755 g/mol. The van der Waals surface area contributed by atoms with Crippen LogP contribution < -0.4 is 15.8 Å². The minimum atomic E-state index is -0.992. The first-order valence-corrected chi connectivity index (χ1v) is 18.9. The van der Waals surface area contributed by atoms with Crippen LogP contribution in [0.3, 0.4) is 0 Å². The molecule has 15 nitrogen and oxygen atoms in total. The number of aromatic hydroxyl groups is 1. The Balaban J connectivity index is 0.803. The molecule has 2 aromatic heterocycles. The van der Waals surface area contributed by atoms with Gasteiger partial charge in [-0.3, -0.25) is 43.9 Å². The zero-order chi connectivity index (χ0) is 38.7. The topological polar surface area (TPSA) is 189 Å². The summed E-state index contributed by atoms with van der Waals surface area (Å²) < 4.78 is 0. The molecule has 3 N–H and O–H groups in total. The largest absolute Gasteiger partial charge is 0.507 e. The van der Waals surface area contributed by atoms with Gasteiger partial charge in [0, 0.05) is 79.8 Å². The number of carbonyl (C=O) groups excluding carboxylic acids is 5. The number of imide groups is 2. The van der Waals surface area contributed by atoms with E-state index >= 15 is 0 Å². The number of phenolic OH excluding ortho intramolecular Hbond substituents is 1. The van der Waals surface area contributed by atoms with Crippen LogP contribution in [0.2, 0.25) is 0 Å². The molecule has 0 bridgehead atoms. The molecule has 4 aliphatic rings. The Morgan fingerprint density at radius 1 is 0.750 bits per heavy atom. The molecule has 0 radical (unpaired) electrons. The number of phenols is 1. The number of rotatable bonds is 6. The van der Waals surface area contributed by atoms with E-state index in [9.17, 15) is 33.9 Å². The number of piperidine rings is 2. The Labute approximate surface area is 319 Å². The van der Waals surface area contributed by atoms with Crippen molar-refractivity contribution in [3.05, 3.63) is 93.8 Å². The Kier molecular flexibility index (Phi) is 8.80. The van der Waals surface area contributed by atoms with Crippen LogP contribution in [0.15, 0.2) is 71.5 Å². The fourth-order valence-electron chi connectivity index (χ4n) is 8.50. The van der Waals surface area contributed by atoms with Gasteiger partial charge >= 0.3 is 0 Å². The quantitative estimate of drug-likeness (QED) is 0.171. The second-order valence-electron chi connectivity index (χ2n) is 14.9. The van der Waals surface area contributed by atoms with Crippen LogP contribution in [-0.2, 0) is 9.59 Å². The molecular weight excluding hydrogens is 716 g/mol. The molecule has 3 saturated heterocycles. The summed E-state index contributed by atoms with van der Waals surface area (Å²) in [5, 5.41) is 22.6. The molecule has 56 heavy (non-hydrogen) atoms. The minimum Gasteiger partial charge on any atom is -0.507 e. The highest BCUT2D eigenvalue weighted by molar-refractivity contribution is 6.23. The molecule has 4 aliphatic heterocycles. The van der Waals surface area contributed by atoms with Crippen LogP contribution in [-0.4, -0.2) is 116 Å². The summed E-state index contributed by atoms with van der Waals surface area (Å²) in [6, 6.07) is 18.0. The molecule has 0 saturated carbocycles. The molecule has 5 amide bonds. The maximum Gasteiger partial charge on any atom is 0.262 e. The summed E-state index contributed by atoms with van der Waals surface area (Å²) in [5.41, 5.74) is 2.79. The number of hydrogen-bond donors (Lipinski definition) is 3.